The third-order valence-electron chi connectivity index (χ3n) is 4.56. The Balaban J connectivity index is 1.64. The lowest BCUT2D eigenvalue weighted by Gasteiger charge is -2.20. The summed E-state index contributed by atoms with van der Waals surface area (Å²) in [5, 5.41) is 4.86. The number of aromatic amines is 1. The van der Waals surface area contributed by atoms with E-state index in [1.54, 1.807) is 0 Å². The van der Waals surface area contributed by atoms with Gasteiger partial charge in [-0.2, -0.15) is 0 Å². The second kappa shape index (κ2) is 6.86. The Hall–Kier alpha value is -1.97. The number of fused-ring (bicyclic) bond motifs is 1. The molecule has 0 radical (unpaired) electrons. The third kappa shape index (κ3) is 2.96. The summed E-state index contributed by atoms with van der Waals surface area (Å²) in [5.74, 6) is 1.05. The van der Waals surface area contributed by atoms with E-state index in [2.05, 4.69) is 51.5 Å². The molecule has 0 aliphatic carbocycles. The van der Waals surface area contributed by atoms with Gasteiger partial charge in [-0.3, -0.25) is 4.99 Å². The summed E-state index contributed by atoms with van der Waals surface area (Å²) in [5.41, 5.74) is 4.07. The van der Waals surface area contributed by atoms with Crippen LogP contribution in [0.3, 0.4) is 0 Å². The Bertz CT molecular complexity index is 650. The van der Waals surface area contributed by atoms with Crippen molar-refractivity contribution < 1.29 is 0 Å². The molecule has 0 bridgehead atoms. The van der Waals surface area contributed by atoms with Gasteiger partial charge in [-0.1, -0.05) is 25.1 Å². The van der Waals surface area contributed by atoms with Crippen molar-refractivity contribution in [3.63, 3.8) is 0 Å². The number of aliphatic imine (C=N–C) groups is 1. The standard InChI is InChI=1S/C18H26N4/c1-3-14-7-6-8-16-15(13-21-17(14)16)9-10-20-18(19-2)22-11-4-5-12-22/h6-8,13,21H,3-5,9-12H2,1-2H3,(H,19,20). The van der Waals surface area contributed by atoms with Gasteiger partial charge in [-0.05, 0) is 36.8 Å². The minimum Gasteiger partial charge on any atom is -0.361 e. The van der Waals surface area contributed by atoms with Gasteiger partial charge in [-0.15, -0.1) is 0 Å². The molecule has 2 heterocycles. The van der Waals surface area contributed by atoms with Gasteiger partial charge in [0.2, 0.25) is 0 Å². The van der Waals surface area contributed by atoms with Crippen LogP contribution in [-0.2, 0) is 12.8 Å². The van der Waals surface area contributed by atoms with Crippen molar-refractivity contribution >= 4 is 16.9 Å². The second-order valence-corrected chi connectivity index (χ2v) is 5.93. The van der Waals surface area contributed by atoms with E-state index < -0.39 is 0 Å². The van der Waals surface area contributed by atoms with Crippen molar-refractivity contribution in [1.29, 1.82) is 0 Å². The zero-order chi connectivity index (χ0) is 15.4. The zero-order valence-corrected chi connectivity index (χ0v) is 13.7. The number of likely N-dealkylation sites (tertiary alicyclic amines) is 1. The first-order chi connectivity index (χ1) is 10.8. The van der Waals surface area contributed by atoms with Crippen LogP contribution >= 0.6 is 0 Å². The molecule has 3 rings (SSSR count). The lowest BCUT2D eigenvalue weighted by molar-refractivity contribution is 0.494. The highest BCUT2D eigenvalue weighted by atomic mass is 15.3. The Kier molecular flexibility index (Phi) is 4.66. The van der Waals surface area contributed by atoms with Gasteiger partial charge in [0.1, 0.15) is 0 Å². The molecule has 1 saturated heterocycles. The van der Waals surface area contributed by atoms with Crippen LogP contribution in [-0.4, -0.2) is 42.5 Å². The predicted octanol–water partition coefficient (Wildman–Crippen LogP) is 2.94. The average molecular weight is 298 g/mol. The van der Waals surface area contributed by atoms with Crippen molar-refractivity contribution in [3.8, 4) is 0 Å². The fraction of sp³-hybridized carbons (Fsp3) is 0.500. The first-order valence-corrected chi connectivity index (χ1v) is 8.37. The number of H-pyrrole nitrogens is 1. The number of benzene rings is 1. The Morgan fingerprint density at radius 3 is 2.82 bits per heavy atom. The summed E-state index contributed by atoms with van der Waals surface area (Å²) in [7, 11) is 1.87. The van der Waals surface area contributed by atoms with Crippen LogP contribution in [0.1, 0.15) is 30.9 Å². The molecular weight excluding hydrogens is 272 g/mol. The molecule has 0 saturated carbocycles. The minimum atomic E-state index is 0.923. The fourth-order valence-electron chi connectivity index (χ4n) is 3.35. The normalized spacial score (nSPS) is 15.7. The SMILES string of the molecule is CCc1cccc2c(CCNC(=NC)N3CCCC3)c[nH]c12. The number of hydrogen-bond donors (Lipinski definition) is 2. The van der Waals surface area contributed by atoms with Gasteiger partial charge in [0.05, 0.1) is 0 Å². The highest BCUT2D eigenvalue weighted by Gasteiger charge is 2.15. The smallest absolute Gasteiger partial charge is 0.193 e. The summed E-state index contributed by atoms with van der Waals surface area (Å²) in [6, 6.07) is 6.58. The van der Waals surface area contributed by atoms with E-state index in [0.717, 1.165) is 38.4 Å². The zero-order valence-electron chi connectivity index (χ0n) is 13.7. The Morgan fingerprint density at radius 1 is 1.27 bits per heavy atom. The Labute approximate surface area is 132 Å². The summed E-state index contributed by atoms with van der Waals surface area (Å²) in [6.45, 7) is 5.39. The third-order valence-corrected chi connectivity index (χ3v) is 4.56. The quantitative estimate of drug-likeness (QED) is 0.673. The predicted molar refractivity (Wildman–Crippen MR) is 93.5 cm³/mol. The number of guanidine groups is 1. The topological polar surface area (TPSA) is 43.4 Å². The molecule has 22 heavy (non-hydrogen) atoms. The van der Waals surface area contributed by atoms with Crippen molar-refractivity contribution in [2.24, 2.45) is 4.99 Å². The largest absolute Gasteiger partial charge is 0.361 e. The van der Waals surface area contributed by atoms with E-state index in [1.807, 2.05) is 7.05 Å². The molecule has 2 N–H and O–H groups in total. The second-order valence-electron chi connectivity index (χ2n) is 5.93. The van der Waals surface area contributed by atoms with Crippen molar-refractivity contribution in [2.45, 2.75) is 32.6 Å². The molecule has 0 atom stereocenters. The van der Waals surface area contributed by atoms with E-state index >= 15 is 0 Å². The van der Waals surface area contributed by atoms with E-state index in [9.17, 15) is 0 Å². The maximum Gasteiger partial charge on any atom is 0.193 e. The molecule has 0 unspecified atom stereocenters. The summed E-state index contributed by atoms with van der Waals surface area (Å²) >= 11 is 0. The minimum absolute atomic E-state index is 0.923. The van der Waals surface area contributed by atoms with Crippen molar-refractivity contribution in [3.05, 3.63) is 35.5 Å². The van der Waals surface area contributed by atoms with Gasteiger partial charge < -0.3 is 15.2 Å². The molecule has 0 spiro atoms. The van der Waals surface area contributed by atoms with E-state index in [1.165, 1.54) is 34.9 Å². The first kappa shape index (κ1) is 14.9. The number of para-hydroxylation sites is 1. The number of aromatic nitrogens is 1. The molecule has 1 aliphatic heterocycles. The lowest BCUT2D eigenvalue weighted by Crippen LogP contribution is -2.40. The average Bonchev–Trinajstić information content (AvgIpc) is 3.21. The molecular formula is C18H26N4. The van der Waals surface area contributed by atoms with Crippen LogP contribution in [0.25, 0.3) is 10.9 Å². The van der Waals surface area contributed by atoms with Crippen molar-refractivity contribution in [2.75, 3.05) is 26.7 Å². The number of nitrogens with one attached hydrogen (secondary N) is 2. The molecule has 1 aromatic carbocycles. The molecule has 0 amide bonds. The van der Waals surface area contributed by atoms with E-state index in [-0.39, 0.29) is 0 Å². The highest BCUT2D eigenvalue weighted by Crippen LogP contribution is 2.22. The summed E-state index contributed by atoms with van der Waals surface area (Å²) < 4.78 is 0. The van der Waals surface area contributed by atoms with E-state index in [0.29, 0.717) is 0 Å². The van der Waals surface area contributed by atoms with Crippen LogP contribution in [0.15, 0.2) is 29.4 Å². The molecule has 118 valence electrons. The van der Waals surface area contributed by atoms with Gasteiger partial charge in [0.25, 0.3) is 0 Å². The van der Waals surface area contributed by atoms with Gasteiger partial charge in [0, 0.05) is 43.8 Å². The number of nitrogens with zero attached hydrogens (tertiary/aromatic N) is 2. The molecule has 2 aromatic rings. The highest BCUT2D eigenvalue weighted by molar-refractivity contribution is 5.86. The maximum atomic E-state index is 4.40. The van der Waals surface area contributed by atoms with Gasteiger partial charge >= 0.3 is 0 Å². The van der Waals surface area contributed by atoms with Crippen molar-refractivity contribution in [1.82, 2.24) is 15.2 Å². The maximum absolute atomic E-state index is 4.40. The number of rotatable bonds is 4. The summed E-state index contributed by atoms with van der Waals surface area (Å²) in [4.78, 5) is 10.2. The Morgan fingerprint density at radius 2 is 2.09 bits per heavy atom. The monoisotopic (exact) mass is 298 g/mol. The molecule has 4 nitrogen and oxygen atoms in total. The fourth-order valence-corrected chi connectivity index (χ4v) is 3.35. The van der Waals surface area contributed by atoms with E-state index in [4.69, 9.17) is 0 Å². The van der Waals surface area contributed by atoms with Gasteiger partial charge in [-0.25, -0.2) is 0 Å². The lowest BCUT2D eigenvalue weighted by atomic mass is 10.1. The number of aryl methyl sites for hydroxylation is 1. The summed E-state index contributed by atoms with van der Waals surface area (Å²) in [6.07, 6.45) is 6.80. The van der Waals surface area contributed by atoms with Crippen LogP contribution in [0, 0.1) is 0 Å². The first-order valence-electron chi connectivity index (χ1n) is 8.37. The van der Waals surface area contributed by atoms with Crippen LogP contribution < -0.4 is 5.32 Å². The van der Waals surface area contributed by atoms with Crippen LogP contribution in [0.4, 0.5) is 0 Å². The molecule has 1 aliphatic rings. The van der Waals surface area contributed by atoms with Crippen LogP contribution in [0.2, 0.25) is 0 Å². The van der Waals surface area contributed by atoms with Crippen LogP contribution in [0.5, 0.6) is 0 Å². The molecule has 4 heteroatoms. The van der Waals surface area contributed by atoms with Gasteiger partial charge in [0.15, 0.2) is 5.96 Å². The number of hydrogen-bond acceptors (Lipinski definition) is 1. The molecule has 1 aromatic heterocycles. The molecule has 1 fully saturated rings.